The van der Waals surface area contributed by atoms with Gasteiger partial charge in [0.15, 0.2) is 15.6 Å². The Bertz CT molecular complexity index is 1140. The molecule has 162 valence electrons. The van der Waals surface area contributed by atoms with Crippen LogP contribution in [0.15, 0.2) is 77.7 Å². The average molecular weight is 440 g/mol. The Morgan fingerprint density at radius 2 is 1.61 bits per heavy atom. The summed E-state index contributed by atoms with van der Waals surface area (Å²) in [5.41, 5.74) is -1.66. The lowest BCUT2D eigenvalue weighted by molar-refractivity contribution is -0.126. The first-order valence-electron chi connectivity index (χ1n) is 10.2. The first-order chi connectivity index (χ1) is 14.6. The van der Waals surface area contributed by atoms with Gasteiger partial charge < -0.3 is 4.74 Å². The van der Waals surface area contributed by atoms with Gasteiger partial charge in [-0.3, -0.25) is 9.69 Å². The van der Waals surface area contributed by atoms with Crippen molar-refractivity contribution in [1.29, 1.82) is 0 Å². The number of hydrogen-bond donors (Lipinski definition) is 0. The lowest BCUT2D eigenvalue weighted by Gasteiger charge is -2.41. The van der Waals surface area contributed by atoms with Crippen LogP contribution < -0.4 is 0 Å². The van der Waals surface area contributed by atoms with E-state index in [4.69, 9.17) is 4.74 Å². The molecular weight excluding hydrogens is 414 g/mol. The van der Waals surface area contributed by atoms with Crippen molar-refractivity contribution in [2.24, 2.45) is 0 Å². The highest BCUT2D eigenvalue weighted by molar-refractivity contribution is 7.92. The normalized spacial score (nSPS) is 25.5. The van der Waals surface area contributed by atoms with Crippen molar-refractivity contribution in [3.8, 4) is 0 Å². The fourth-order valence-corrected chi connectivity index (χ4v) is 6.39. The molecule has 2 aliphatic heterocycles. The highest BCUT2D eigenvalue weighted by Crippen LogP contribution is 2.50. The van der Waals surface area contributed by atoms with Crippen molar-refractivity contribution in [3.63, 3.8) is 0 Å². The quantitative estimate of drug-likeness (QED) is 0.725. The van der Waals surface area contributed by atoms with Crippen LogP contribution in [0, 0.1) is 0 Å². The second-order valence-corrected chi connectivity index (χ2v) is 11.1. The SMILES string of the molecule is CC(C)(C)OC(=O)N1[C@@H]2C=CC(=O)[C@]1(c1ccccc1)C[C@@H]2S(=O)(=O)c1ccccc1. The summed E-state index contributed by atoms with van der Waals surface area (Å²) in [7, 11) is -3.83. The van der Waals surface area contributed by atoms with Gasteiger partial charge in [0.1, 0.15) is 11.1 Å². The fraction of sp³-hybridized carbons (Fsp3) is 0.333. The molecule has 2 aromatic carbocycles. The van der Waals surface area contributed by atoms with Gasteiger partial charge in [0, 0.05) is 6.42 Å². The van der Waals surface area contributed by atoms with Gasteiger partial charge in [-0.15, -0.1) is 0 Å². The summed E-state index contributed by atoms with van der Waals surface area (Å²) in [5.74, 6) is -0.327. The smallest absolute Gasteiger partial charge is 0.411 e. The van der Waals surface area contributed by atoms with E-state index in [0.29, 0.717) is 5.56 Å². The van der Waals surface area contributed by atoms with Gasteiger partial charge in [0.25, 0.3) is 0 Å². The number of ketones is 1. The van der Waals surface area contributed by atoms with E-state index in [1.165, 1.54) is 29.2 Å². The maximum absolute atomic E-state index is 13.6. The number of fused-ring (bicyclic) bond motifs is 2. The Balaban J connectivity index is 1.90. The van der Waals surface area contributed by atoms with Gasteiger partial charge in [0.05, 0.1) is 16.2 Å². The first kappa shape index (κ1) is 21.3. The third-order valence-corrected chi connectivity index (χ3v) is 7.92. The molecule has 1 fully saturated rings. The molecule has 0 spiro atoms. The van der Waals surface area contributed by atoms with E-state index in [2.05, 4.69) is 0 Å². The van der Waals surface area contributed by atoms with Gasteiger partial charge in [-0.1, -0.05) is 54.6 Å². The lowest BCUT2D eigenvalue weighted by Crippen LogP contribution is -2.56. The molecule has 2 aromatic rings. The minimum absolute atomic E-state index is 0.0377. The number of benzene rings is 2. The average Bonchev–Trinajstić information content (AvgIpc) is 3.01. The van der Waals surface area contributed by atoms with E-state index in [1.54, 1.807) is 63.2 Å². The summed E-state index contributed by atoms with van der Waals surface area (Å²) >= 11 is 0. The van der Waals surface area contributed by atoms with Crippen molar-refractivity contribution in [2.75, 3.05) is 0 Å². The zero-order chi connectivity index (χ0) is 22.4. The van der Waals surface area contributed by atoms with Gasteiger partial charge >= 0.3 is 6.09 Å². The number of nitrogens with zero attached hydrogens (tertiary/aromatic N) is 1. The first-order valence-corrected chi connectivity index (χ1v) is 11.7. The molecule has 0 unspecified atom stereocenters. The molecule has 31 heavy (non-hydrogen) atoms. The van der Waals surface area contributed by atoms with Gasteiger partial charge in [-0.2, -0.15) is 0 Å². The molecule has 3 atom stereocenters. The molecule has 0 radical (unpaired) electrons. The summed E-state index contributed by atoms with van der Waals surface area (Å²) in [6.07, 6.45) is 2.18. The van der Waals surface area contributed by atoms with E-state index in [0.717, 1.165) is 0 Å². The topological polar surface area (TPSA) is 80.8 Å². The van der Waals surface area contributed by atoms with Crippen molar-refractivity contribution >= 4 is 21.7 Å². The van der Waals surface area contributed by atoms with E-state index >= 15 is 0 Å². The summed E-state index contributed by atoms with van der Waals surface area (Å²) in [6, 6.07) is 16.2. The molecule has 0 N–H and O–H groups in total. The van der Waals surface area contributed by atoms with Crippen molar-refractivity contribution in [3.05, 3.63) is 78.4 Å². The summed E-state index contributed by atoms with van der Waals surface area (Å²) in [5, 5.41) is -0.981. The second-order valence-electron chi connectivity index (χ2n) is 8.89. The lowest BCUT2D eigenvalue weighted by atomic mass is 9.82. The maximum atomic E-state index is 13.6. The standard InChI is InChI=1S/C24H25NO5S/c1-23(2,3)30-22(27)25-19-14-15-21(26)24(25,17-10-6-4-7-11-17)16-20(19)31(28,29)18-12-8-5-9-13-18/h4-15,19-20H,16H2,1-3H3/t19-,20+,24-/m1/s1. The van der Waals surface area contributed by atoms with E-state index in [-0.39, 0.29) is 17.1 Å². The third kappa shape index (κ3) is 3.47. The van der Waals surface area contributed by atoms with E-state index in [9.17, 15) is 18.0 Å². The van der Waals surface area contributed by atoms with Crippen LogP contribution in [0.2, 0.25) is 0 Å². The largest absolute Gasteiger partial charge is 0.444 e. The summed E-state index contributed by atoms with van der Waals surface area (Å²) in [6.45, 7) is 5.21. The highest BCUT2D eigenvalue weighted by atomic mass is 32.2. The van der Waals surface area contributed by atoms with Gasteiger partial charge in [-0.05, 0) is 44.5 Å². The Labute approximate surface area is 182 Å². The van der Waals surface area contributed by atoms with E-state index in [1.807, 2.05) is 6.07 Å². The Morgan fingerprint density at radius 3 is 2.19 bits per heavy atom. The van der Waals surface area contributed by atoms with E-state index < -0.39 is 38.4 Å². The zero-order valence-corrected chi connectivity index (χ0v) is 18.5. The molecule has 0 saturated carbocycles. The highest BCUT2D eigenvalue weighted by Gasteiger charge is 2.63. The van der Waals surface area contributed by atoms with Crippen LogP contribution in [0.1, 0.15) is 32.8 Å². The predicted octanol–water partition coefficient (Wildman–Crippen LogP) is 3.87. The van der Waals surface area contributed by atoms with Crippen molar-refractivity contribution in [1.82, 2.24) is 4.90 Å². The minimum atomic E-state index is -3.83. The Kier molecular flexibility index (Phi) is 5.04. The van der Waals surface area contributed by atoms with Crippen LogP contribution in [0.4, 0.5) is 4.79 Å². The van der Waals surface area contributed by atoms with Crippen molar-refractivity contribution in [2.45, 2.75) is 54.5 Å². The number of carbonyl (C=O) groups excluding carboxylic acids is 2. The molecule has 2 heterocycles. The molecule has 6 nitrogen and oxygen atoms in total. The minimum Gasteiger partial charge on any atom is -0.444 e. The molecule has 1 amide bonds. The molecule has 0 aliphatic carbocycles. The van der Waals surface area contributed by atoms with Crippen LogP contribution >= 0.6 is 0 Å². The fourth-order valence-electron chi connectivity index (χ4n) is 4.46. The molecule has 4 rings (SSSR count). The molecule has 2 bridgehead atoms. The molecule has 0 aromatic heterocycles. The van der Waals surface area contributed by atoms with Crippen LogP contribution in [0.25, 0.3) is 0 Å². The molecule has 1 saturated heterocycles. The van der Waals surface area contributed by atoms with Gasteiger partial charge in [0.2, 0.25) is 0 Å². The molecule has 2 aliphatic rings. The predicted molar refractivity (Wildman–Crippen MR) is 116 cm³/mol. The van der Waals surface area contributed by atoms with Crippen LogP contribution in [0.3, 0.4) is 0 Å². The van der Waals surface area contributed by atoms with Crippen molar-refractivity contribution < 1.29 is 22.7 Å². The second kappa shape index (κ2) is 7.34. The number of carbonyl (C=O) groups is 2. The number of ether oxygens (including phenoxy) is 1. The number of sulfone groups is 1. The third-order valence-electron chi connectivity index (χ3n) is 5.75. The zero-order valence-electron chi connectivity index (χ0n) is 17.7. The maximum Gasteiger partial charge on any atom is 0.411 e. The van der Waals surface area contributed by atoms with Crippen LogP contribution in [0.5, 0.6) is 0 Å². The summed E-state index contributed by atoms with van der Waals surface area (Å²) in [4.78, 5) is 28.2. The number of amides is 1. The summed E-state index contributed by atoms with van der Waals surface area (Å²) < 4.78 is 32.8. The van der Waals surface area contributed by atoms with Gasteiger partial charge in [-0.25, -0.2) is 13.2 Å². The Hall–Kier alpha value is -2.93. The Morgan fingerprint density at radius 1 is 1.03 bits per heavy atom. The molecule has 7 heteroatoms. The monoisotopic (exact) mass is 439 g/mol. The number of rotatable bonds is 3. The molecular formula is C24H25NO5S. The number of hydrogen-bond acceptors (Lipinski definition) is 5. The van der Waals surface area contributed by atoms with Crippen LogP contribution in [-0.2, 0) is 24.9 Å². The van der Waals surface area contributed by atoms with Crippen LogP contribution in [-0.4, -0.2) is 42.1 Å².